The highest BCUT2D eigenvalue weighted by molar-refractivity contribution is 7.87. The molecule has 0 amide bonds. The fourth-order valence-electron chi connectivity index (χ4n) is 0.756. The average Bonchev–Trinajstić information content (AvgIpc) is 2.14. The van der Waals surface area contributed by atoms with Gasteiger partial charge in [-0.3, -0.25) is 9.00 Å². The summed E-state index contributed by atoms with van der Waals surface area (Å²) in [4.78, 5) is 10.8. The van der Waals surface area contributed by atoms with Crippen LogP contribution in [0.25, 0.3) is 0 Å². The van der Waals surface area contributed by atoms with Crippen molar-refractivity contribution in [3.63, 3.8) is 0 Å². The largest absolute Gasteiger partial charge is 0.480 e. The Hall–Kier alpha value is -0.890. The van der Waals surface area contributed by atoms with Crippen LogP contribution in [0.15, 0.2) is 0 Å². The molecule has 0 bridgehead atoms. The lowest BCUT2D eigenvalue weighted by atomic mass is 9.93. The van der Waals surface area contributed by atoms with E-state index in [-0.39, 0.29) is 5.75 Å². The van der Waals surface area contributed by atoms with Crippen LogP contribution in [0, 0.1) is 16.7 Å². The Labute approximate surface area is 92.7 Å². The van der Waals surface area contributed by atoms with Gasteiger partial charge in [-0.1, -0.05) is 0 Å². The maximum Gasteiger partial charge on any atom is 0.321 e. The second-order valence-corrected chi connectivity index (χ2v) is 6.73. The molecule has 0 saturated carbocycles. The minimum Gasteiger partial charge on any atom is -0.480 e. The lowest BCUT2D eigenvalue weighted by Gasteiger charge is -2.21. The van der Waals surface area contributed by atoms with E-state index in [1.165, 1.54) is 13.8 Å². The molecule has 5 heteroatoms. The van der Waals surface area contributed by atoms with Crippen molar-refractivity contribution in [3.8, 4) is 6.07 Å². The lowest BCUT2D eigenvalue weighted by Crippen LogP contribution is -2.38. The monoisotopic (exact) mass is 231 g/mol. The molecule has 0 aromatic carbocycles. The summed E-state index contributed by atoms with van der Waals surface area (Å²) in [7, 11) is -1.46. The van der Waals surface area contributed by atoms with E-state index in [9.17, 15) is 9.00 Å². The zero-order valence-electron chi connectivity index (χ0n) is 9.53. The number of hydrogen-bond donors (Lipinski definition) is 1. The van der Waals surface area contributed by atoms with Gasteiger partial charge in [0.15, 0.2) is 0 Å². The van der Waals surface area contributed by atoms with Gasteiger partial charge >= 0.3 is 5.97 Å². The Morgan fingerprint density at radius 3 is 2.20 bits per heavy atom. The van der Waals surface area contributed by atoms with E-state index in [1.54, 1.807) is 13.8 Å². The third-order valence-corrected chi connectivity index (χ3v) is 4.19. The van der Waals surface area contributed by atoms with E-state index < -0.39 is 26.9 Å². The van der Waals surface area contributed by atoms with Crippen LogP contribution in [0.2, 0.25) is 0 Å². The Kier molecular flexibility index (Phi) is 4.47. The normalized spacial score (nSPS) is 14.3. The van der Waals surface area contributed by atoms with Crippen LogP contribution >= 0.6 is 0 Å². The van der Waals surface area contributed by atoms with Crippen LogP contribution in [-0.4, -0.2) is 25.8 Å². The van der Waals surface area contributed by atoms with Gasteiger partial charge in [-0.25, -0.2) is 0 Å². The van der Waals surface area contributed by atoms with Gasteiger partial charge in [0.2, 0.25) is 0 Å². The molecule has 86 valence electrons. The second kappa shape index (κ2) is 4.75. The van der Waals surface area contributed by atoms with E-state index in [2.05, 4.69) is 6.07 Å². The Morgan fingerprint density at radius 1 is 1.40 bits per heavy atom. The van der Waals surface area contributed by atoms with Crippen LogP contribution in [0.5, 0.6) is 0 Å². The van der Waals surface area contributed by atoms with Crippen molar-refractivity contribution in [1.29, 1.82) is 5.26 Å². The lowest BCUT2D eigenvalue weighted by molar-refractivity contribution is -0.139. The first-order valence-electron chi connectivity index (χ1n) is 4.66. The van der Waals surface area contributed by atoms with Gasteiger partial charge in [0.25, 0.3) is 0 Å². The number of carbonyl (C=O) groups is 1. The van der Waals surface area contributed by atoms with Gasteiger partial charge in [0.05, 0.1) is 11.5 Å². The van der Waals surface area contributed by atoms with E-state index in [1.807, 2.05) is 0 Å². The standard InChI is InChI=1S/C10H17NO3S/c1-9(2,7-11)5-6-15(14)10(3,4)8(12)13/h5-6H2,1-4H3,(H,12,13). The minimum atomic E-state index is -1.46. The van der Waals surface area contributed by atoms with E-state index in [0.717, 1.165) is 0 Å². The molecule has 0 heterocycles. The van der Waals surface area contributed by atoms with Crippen molar-refractivity contribution in [2.45, 2.75) is 38.9 Å². The minimum absolute atomic E-state index is 0.236. The zero-order valence-corrected chi connectivity index (χ0v) is 10.3. The number of carboxylic acids is 1. The highest BCUT2D eigenvalue weighted by Gasteiger charge is 2.35. The SMILES string of the molecule is CC(C)(C#N)CCS(=O)C(C)(C)C(=O)O. The maximum atomic E-state index is 11.7. The molecule has 0 rings (SSSR count). The first kappa shape index (κ1) is 14.1. The molecule has 0 fully saturated rings. The highest BCUT2D eigenvalue weighted by Crippen LogP contribution is 2.22. The number of carboxylic acid groups (broad SMARTS) is 1. The van der Waals surface area contributed by atoms with Gasteiger partial charge < -0.3 is 5.11 Å². The first-order valence-corrected chi connectivity index (χ1v) is 5.98. The van der Waals surface area contributed by atoms with Crippen molar-refractivity contribution in [3.05, 3.63) is 0 Å². The molecule has 0 spiro atoms. The smallest absolute Gasteiger partial charge is 0.321 e. The van der Waals surface area contributed by atoms with Gasteiger partial charge in [0, 0.05) is 16.6 Å². The van der Waals surface area contributed by atoms with Crippen molar-refractivity contribution in [2.24, 2.45) is 5.41 Å². The van der Waals surface area contributed by atoms with Gasteiger partial charge in [-0.05, 0) is 34.1 Å². The summed E-state index contributed by atoms with van der Waals surface area (Å²) < 4.78 is 10.4. The third-order valence-electron chi connectivity index (χ3n) is 2.30. The van der Waals surface area contributed by atoms with Crippen LogP contribution in [-0.2, 0) is 15.6 Å². The van der Waals surface area contributed by atoms with Crippen LogP contribution in [0.3, 0.4) is 0 Å². The molecular formula is C10H17NO3S. The summed E-state index contributed by atoms with van der Waals surface area (Å²) >= 11 is 0. The van der Waals surface area contributed by atoms with Crippen molar-refractivity contribution in [1.82, 2.24) is 0 Å². The summed E-state index contributed by atoms with van der Waals surface area (Å²) in [6.45, 7) is 6.37. The fraction of sp³-hybridized carbons (Fsp3) is 0.800. The van der Waals surface area contributed by atoms with Crippen LogP contribution in [0.1, 0.15) is 34.1 Å². The van der Waals surface area contributed by atoms with Crippen LogP contribution in [0.4, 0.5) is 0 Å². The average molecular weight is 231 g/mol. The Morgan fingerprint density at radius 2 is 1.87 bits per heavy atom. The van der Waals surface area contributed by atoms with Crippen LogP contribution < -0.4 is 0 Å². The second-order valence-electron chi connectivity index (χ2n) is 4.61. The molecule has 0 aromatic rings. The zero-order chi connectivity index (χ0) is 12.3. The predicted octanol–water partition coefficient (Wildman–Crippen LogP) is 1.54. The highest BCUT2D eigenvalue weighted by atomic mass is 32.2. The third kappa shape index (κ3) is 4.00. The molecule has 0 saturated heterocycles. The quantitative estimate of drug-likeness (QED) is 0.778. The molecule has 0 aliphatic rings. The van der Waals surface area contributed by atoms with E-state index >= 15 is 0 Å². The summed E-state index contributed by atoms with van der Waals surface area (Å²) in [5.74, 6) is -0.838. The van der Waals surface area contributed by atoms with Crippen molar-refractivity contribution >= 4 is 16.8 Å². The molecule has 1 N–H and O–H groups in total. The number of nitrogens with zero attached hydrogens (tertiary/aromatic N) is 1. The molecule has 0 aliphatic carbocycles. The van der Waals surface area contributed by atoms with Crippen molar-refractivity contribution in [2.75, 3.05) is 5.75 Å². The molecule has 0 aromatic heterocycles. The fourth-order valence-corrected chi connectivity index (χ4v) is 2.16. The molecule has 4 nitrogen and oxygen atoms in total. The van der Waals surface area contributed by atoms with E-state index in [4.69, 9.17) is 10.4 Å². The number of hydrogen-bond acceptors (Lipinski definition) is 3. The van der Waals surface area contributed by atoms with Gasteiger partial charge in [-0.15, -0.1) is 0 Å². The molecule has 0 aliphatic heterocycles. The molecule has 1 unspecified atom stereocenters. The number of aliphatic carboxylic acids is 1. The van der Waals surface area contributed by atoms with Crippen molar-refractivity contribution < 1.29 is 14.1 Å². The summed E-state index contributed by atoms with van der Waals surface area (Å²) in [5.41, 5.74) is -0.551. The molecule has 0 radical (unpaired) electrons. The molecular weight excluding hydrogens is 214 g/mol. The predicted molar refractivity (Wildman–Crippen MR) is 58.7 cm³/mol. The van der Waals surface area contributed by atoms with Gasteiger partial charge in [0.1, 0.15) is 4.75 Å². The number of nitriles is 1. The molecule has 15 heavy (non-hydrogen) atoms. The summed E-state index contributed by atoms with van der Waals surface area (Å²) in [5, 5.41) is 17.6. The topological polar surface area (TPSA) is 78.2 Å². The Bertz CT molecular complexity index is 315. The van der Waals surface area contributed by atoms with E-state index in [0.29, 0.717) is 6.42 Å². The summed E-state index contributed by atoms with van der Waals surface area (Å²) in [6, 6.07) is 2.10. The Balaban J connectivity index is 4.42. The van der Waals surface area contributed by atoms with Gasteiger partial charge in [-0.2, -0.15) is 5.26 Å². The summed E-state index contributed by atoms with van der Waals surface area (Å²) in [6.07, 6.45) is 0.437. The maximum absolute atomic E-state index is 11.7. The number of rotatable bonds is 5. The molecule has 1 atom stereocenters. The first-order chi connectivity index (χ1) is 6.63.